The number of aliphatic hydroxyl groups is 1. The molecule has 0 radical (unpaired) electrons. The number of aliphatic hydroxyl groups excluding tert-OH is 1. The van der Waals surface area contributed by atoms with E-state index < -0.39 is 0 Å². The van der Waals surface area contributed by atoms with Crippen LogP contribution in [-0.2, 0) is 0 Å². The van der Waals surface area contributed by atoms with E-state index in [-0.39, 0.29) is 6.10 Å². The molecule has 2 heteroatoms. The summed E-state index contributed by atoms with van der Waals surface area (Å²) in [5.74, 6) is 0.841. The van der Waals surface area contributed by atoms with Crippen molar-refractivity contribution in [2.45, 2.75) is 51.4 Å². The van der Waals surface area contributed by atoms with Crippen molar-refractivity contribution in [2.24, 2.45) is 0 Å². The van der Waals surface area contributed by atoms with Crippen LogP contribution in [0.3, 0.4) is 0 Å². The van der Waals surface area contributed by atoms with E-state index in [1.165, 1.54) is 6.42 Å². The van der Waals surface area contributed by atoms with E-state index in [9.17, 15) is 5.11 Å². The van der Waals surface area contributed by atoms with E-state index in [0.29, 0.717) is 5.25 Å². The summed E-state index contributed by atoms with van der Waals surface area (Å²) < 4.78 is 0. The summed E-state index contributed by atoms with van der Waals surface area (Å²) in [4.78, 5) is 0. The normalized spacial score (nSPS) is 15.4. The highest BCUT2D eigenvalue weighted by Gasteiger charge is 2.07. The second kappa shape index (κ2) is 7.45. The molecule has 1 nitrogen and oxygen atoms in total. The Morgan fingerprint density at radius 3 is 2.54 bits per heavy atom. The number of hydrogen-bond donors (Lipinski definition) is 1. The van der Waals surface area contributed by atoms with Crippen LogP contribution < -0.4 is 0 Å². The third-order valence-corrected chi connectivity index (χ3v) is 3.65. The van der Waals surface area contributed by atoms with Crippen molar-refractivity contribution in [3.8, 4) is 0 Å². The number of thioether (sulfide) groups is 1. The van der Waals surface area contributed by atoms with Crippen molar-refractivity contribution in [1.82, 2.24) is 0 Å². The fourth-order valence-electron chi connectivity index (χ4n) is 0.930. The minimum atomic E-state index is -0.202. The molecule has 0 aromatic carbocycles. The quantitative estimate of drug-likeness (QED) is 0.640. The molecule has 0 aromatic heterocycles. The van der Waals surface area contributed by atoms with Crippen molar-refractivity contribution in [3.05, 3.63) is 12.2 Å². The molecule has 2 atom stereocenters. The highest BCUT2D eigenvalue weighted by Crippen LogP contribution is 2.17. The summed E-state index contributed by atoms with van der Waals surface area (Å²) in [6.45, 7) is 10.3. The lowest BCUT2D eigenvalue weighted by Gasteiger charge is -2.13. The van der Waals surface area contributed by atoms with Crippen LogP contribution in [0.1, 0.15) is 40.0 Å². The first kappa shape index (κ1) is 13.1. The zero-order chi connectivity index (χ0) is 10.3. The average molecular weight is 202 g/mol. The zero-order valence-electron chi connectivity index (χ0n) is 9.05. The van der Waals surface area contributed by atoms with Crippen LogP contribution in [0.25, 0.3) is 0 Å². The Morgan fingerprint density at radius 1 is 1.46 bits per heavy atom. The van der Waals surface area contributed by atoms with Crippen LogP contribution in [0.15, 0.2) is 12.2 Å². The highest BCUT2D eigenvalue weighted by molar-refractivity contribution is 7.99. The lowest BCUT2D eigenvalue weighted by molar-refractivity contribution is 0.199. The maximum Gasteiger partial charge on any atom is 0.0667 e. The first-order chi connectivity index (χ1) is 6.10. The van der Waals surface area contributed by atoms with Gasteiger partial charge in [0.25, 0.3) is 0 Å². The Labute approximate surface area is 86.6 Å². The molecule has 2 unspecified atom stereocenters. The predicted octanol–water partition coefficient (Wildman–Crippen LogP) is 3.24. The first-order valence-corrected chi connectivity index (χ1v) is 6.11. The Kier molecular flexibility index (Phi) is 7.48. The Bertz CT molecular complexity index is 145. The van der Waals surface area contributed by atoms with Gasteiger partial charge in [-0.3, -0.25) is 0 Å². The van der Waals surface area contributed by atoms with Gasteiger partial charge in [-0.05, 0) is 19.3 Å². The topological polar surface area (TPSA) is 20.2 Å². The van der Waals surface area contributed by atoms with Crippen molar-refractivity contribution in [2.75, 3.05) is 5.75 Å². The summed E-state index contributed by atoms with van der Waals surface area (Å²) in [6, 6.07) is 0. The van der Waals surface area contributed by atoms with Crippen LogP contribution in [0.4, 0.5) is 0 Å². The zero-order valence-corrected chi connectivity index (χ0v) is 9.86. The van der Waals surface area contributed by atoms with E-state index in [4.69, 9.17) is 0 Å². The second-order valence-corrected chi connectivity index (χ2v) is 4.99. The van der Waals surface area contributed by atoms with Gasteiger partial charge in [0.05, 0.1) is 6.10 Å². The monoisotopic (exact) mass is 202 g/mol. The molecule has 0 aliphatic carbocycles. The van der Waals surface area contributed by atoms with Crippen molar-refractivity contribution >= 4 is 11.8 Å². The molecule has 0 saturated heterocycles. The molecule has 0 amide bonds. The van der Waals surface area contributed by atoms with Gasteiger partial charge < -0.3 is 5.11 Å². The van der Waals surface area contributed by atoms with Gasteiger partial charge in [-0.2, -0.15) is 11.8 Å². The lowest BCUT2D eigenvalue weighted by atomic mass is 10.1. The van der Waals surface area contributed by atoms with Crippen LogP contribution >= 0.6 is 11.8 Å². The average Bonchev–Trinajstić information content (AvgIpc) is 2.13. The Balaban J connectivity index is 3.50. The molecule has 0 heterocycles. The van der Waals surface area contributed by atoms with Gasteiger partial charge in [-0.25, -0.2) is 0 Å². The third kappa shape index (κ3) is 7.15. The third-order valence-electron chi connectivity index (χ3n) is 2.17. The summed E-state index contributed by atoms with van der Waals surface area (Å²) >= 11 is 1.85. The largest absolute Gasteiger partial charge is 0.392 e. The number of hydrogen-bond acceptors (Lipinski definition) is 2. The van der Waals surface area contributed by atoms with Gasteiger partial charge in [0.2, 0.25) is 0 Å². The first-order valence-electron chi connectivity index (χ1n) is 5.06. The van der Waals surface area contributed by atoms with Crippen LogP contribution in [0.2, 0.25) is 0 Å². The van der Waals surface area contributed by atoms with E-state index in [1.54, 1.807) is 0 Å². The smallest absolute Gasteiger partial charge is 0.0667 e. The van der Waals surface area contributed by atoms with Gasteiger partial charge in [0.15, 0.2) is 0 Å². The molecule has 0 aromatic rings. The molecular weight excluding hydrogens is 180 g/mol. The van der Waals surface area contributed by atoms with Crippen LogP contribution in [0.5, 0.6) is 0 Å². The SMILES string of the molecule is C=C(CC)CC(O)CSC(C)CC. The van der Waals surface area contributed by atoms with Gasteiger partial charge in [0, 0.05) is 11.0 Å². The van der Waals surface area contributed by atoms with Crippen LogP contribution in [0, 0.1) is 0 Å². The summed E-state index contributed by atoms with van der Waals surface area (Å²) in [5.41, 5.74) is 1.15. The van der Waals surface area contributed by atoms with Crippen molar-refractivity contribution in [1.29, 1.82) is 0 Å². The fraction of sp³-hybridized carbons (Fsp3) is 0.818. The minimum Gasteiger partial charge on any atom is -0.392 e. The van der Waals surface area contributed by atoms with Gasteiger partial charge >= 0.3 is 0 Å². The Hall–Kier alpha value is 0.0500. The Morgan fingerprint density at radius 2 is 2.08 bits per heavy atom. The lowest BCUT2D eigenvalue weighted by Crippen LogP contribution is -2.12. The molecule has 0 aliphatic rings. The minimum absolute atomic E-state index is 0.202. The molecule has 0 aliphatic heterocycles. The molecular formula is C11H22OS. The fourth-order valence-corrected chi connectivity index (χ4v) is 1.83. The van der Waals surface area contributed by atoms with Crippen molar-refractivity contribution in [3.63, 3.8) is 0 Å². The summed E-state index contributed by atoms with van der Waals surface area (Å²) in [6.07, 6.45) is 2.71. The van der Waals surface area contributed by atoms with E-state index in [2.05, 4.69) is 27.4 Å². The summed E-state index contributed by atoms with van der Waals surface area (Å²) in [5, 5.41) is 10.3. The molecule has 0 rings (SSSR count). The summed E-state index contributed by atoms with van der Waals surface area (Å²) in [7, 11) is 0. The molecule has 0 bridgehead atoms. The van der Waals surface area contributed by atoms with E-state index >= 15 is 0 Å². The second-order valence-electron chi connectivity index (χ2n) is 3.51. The van der Waals surface area contributed by atoms with Crippen LogP contribution in [-0.4, -0.2) is 22.2 Å². The standard InChI is InChI=1S/C11H22OS/c1-5-9(3)7-11(12)8-13-10(4)6-2/h10-12H,3,5-8H2,1-2,4H3. The maximum atomic E-state index is 9.61. The number of rotatable bonds is 7. The molecule has 0 saturated carbocycles. The van der Waals surface area contributed by atoms with E-state index in [1.807, 2.05) is 11.8 Å². The molecule has 13 heavy (non-hydrogen) atoms. The van der Waals surface area contributed by atoms with Crippen molar-refractivity contribution < 1.29 is 5.11 Å². The van der Waals surface area contributed by atoms with Gasteiger partial charge in [-0.1, -0.05) is 32.9 Å². The predicted molar refractivity (Wildman–Crippen MR) is 62.3 cm³/mol. The van der Waals surface area contributed by atoms with Gasteiger partial charge in [0.1, 0.15) is 0 Å². The molecule has 78 valence electrons. The maximum absolute atomic E-state index is 9.61. The molecule has 0 fully saturated rings. The van der Waals surface area contributed by atoms with E-state index in [0.717, 1.165) is 24.2 Å². The molecule has 1 N–H and O–H groups in total. The van der Waals surface area contributed by atoms with Gasteiger partial charge in [-0.15, -0.1) is 0 Å². The highest BCUT2D eigenvalue weighted by atomic mass is 32.2. The molecule has 0 spiro atoms.